The van der Waals surface area contributed by atoms with Crippen LogP contribution in [0.15, 0.2) is 34.9 Å². The number of nitrogens with zero attached hydrogens (tertiary/aromatic N) is 3. The van der Waals surface area contributed by atoms with Gasteiger partial charge in [-0.15, -0.1) is 12.4 Å². The number of amides is 1. The fraction of sp³-hybridized carbons (Fsp3) is 0.550. The number of carbonyl (C=O) groups is 1. The summed E-state index contributed by atoms with van der Waals surface area (Å²) in [5.74, 6) is 2.23. The van der Waals surface area contributed by atoms with Crippen molar-refractivity contribution in [3.05, 3.63) is 47.6 Å². The van der Waals surface area contributed by atoms with E-state index < -0.39 is 0 Å². The highest BCUT2D eigenvalue weighted by molar-refractivity contribution is 5.85. The van der Waals surface area contributed by atoms with Crippen molar-refractivity contribution in [3.8, 4) is 0 Å². The molecule has 0 saturated carbocycles. The van der Waals surface area contributed by atoms with Gasteiger partial charge < -0.3 is 15.2 Å². The number of aromatic nitrogens is 2. The van der Waals surface area contributed by atoms with Crippen molar-refractivity contribution in [1.29, 1.82) is 0 Å². The van der Waals surface area contributed by atoms with E-state index >= 15 is 0 Å². The van der Waals surface area contributed by atoms with Crippen molar-refractivity contribution in [3.63, 3.8) is 0 Å². The summed E-state index contributed by atoms with van der Waals surface area (Å²) in [5.41, 5.74) is 7.23. The number of hydrogen-bond donors (Lipinski definition) is 1. The fourth-order valence-electron chi connectivity index (χ4n) is 3.66. The maximum atomic E-state index is 12.6. The number of halogens is 1. The minimum Gasteiger partial charge on any atom is -0.342 e. The molecule has 2 aromatic rings. The van der Waals surface area contributed by atoms with Crippen molar-refractivity contribution in [2.45, 2.75) is 44.9 Å². The van der Waals surface area contributed by atoms with Crippen LogP contribution in [-0.4, -0.2) is 40.6 Å². The van der Waals surface area contributed by atoms with Gasteiger partial charge in [0, 0.05) is 38.3 Å². The average Bonchev–Trinajstić information content (AvgIpc) is 3.29. The van der Waals surface area contributed by atoms with Crippen LogP contribution in [0.2, 0.25) is 0 Å². The first-order chi connectivity index (χ1) is 12.7. The first-order valence-corrected chi connectivity index (χ1v) is 9.55. The fourth-order valence-corrected chi connectivity index (χ4v) is 3.66. The zero-order valence-corrected chi connectivity index (χ0v) is 16.7. The zero-order valence-electron chi connectivity index (χ0n) is 15.8. The van der Waals surface area contributed by atoms with E-state index in [4.69, 9.17) is 10.3 Å². The maximum absolute atomic E-state index is 12.6. The lowest BCUT2D eigenvalue weighted by Crippen LogP contribution is -2.29. The van der Waals surface area contributed by atoms with Gasteiger partial charge in [-0.25, -0.2) is 0 Å². The van der Waals surface area contributed by atoms with Gasteiger partial charge in [-0.2, -0.15) is 4.98 Å². The summed E-state index contributed by atoms with van der Waals surface area (Å²) in [6, 6.07) is 10.4. The summed E-state index contributed by atoms with van der Waals surface area (Å²) in [6.07, 6.45) is 3.71. The standard InChI is InChI=1S/C20H28N4O2.ClH/c1-2-7-18-22-19(26-23-18)10-6-11-20(25)24-13-16(12-21)17(14-24)15-8-4-3-5-9-15;/h3-5,8-9,16-17H,2,6-7,10-14,21H2,1H3;1H/t16-,17+;/m1./s1. The van der Waals surface area contributed by atoms with E-state index in [2.05, 4.69) is 29.2 Å². The molecule has 2 heterocycles. The molecule has 1 aromatic carbocycles. The zero-order chi connectivity index (χ0) is 18.4. The van der Waals surface area contributed by atoms with Crippen LogP contribution in [0.25, 0.3) is 0 Å². The molecule has 0 spiro atoms. The van der Waals surface area contributed by atoms with Crippen LogP contribution in [0.1, 0.15) is 49.4 Å². The summed E-state index contributed by atoms with van der Waals surface area (Å²) in [7, 11) is 0. The number of rotatable bonds is 8. The van der Waals surface area contributed by atoms with Crippen LogP contribution in [0.5, 0.6) is 0 Å². The van der Waals surface area contributed by atoms with Gasteiger partial charge in [0.2, 0.25) is 11.8 Å². The second kappa shape index (κ2) is 10.4. The Morgan fingerprint density at radius 3 is 2.74 bits per heavy atom. The predicted molar refractivity (Wildman–Crippen MR) is 107 cm³/mol. The molecule has 0 unspecified atom stereocenters. The molecule has 0 bridgehead atoms. The van der Waals surface area contributed by atoms with E-state index in [1.807, 2.05) is 23.1 Å². The van der Waals surface area contributed by atoms with Gasteiger partial charge in [0.25, 0.3) is 0 Å². The Kier molecular flexibility index (Phi) is 8.25. The van der Waals surface area contributed by atoms with Gasteiger partial charge >= 0.3 is 0 Å². The monoisotopic (exact) mass is 392 g/mol. The number of hydrogen-bond acceptors (Lipinski definition) is 5. The number of likely N-dealkylation sites (tertiary alicyclic amines) is 1. The molecule has 7 heteroatoms. The normalized spacial score (nSPS) is 19.1. The van der Waals surface area contributed by atoms with E-state index in [9.17, 15) is 4.79 Å². The van der Waals surface area contributed by atoms with Crippen molar-refractivity contribution in [1.82, 2.24) is 15.0 Å². The molecule has 3 rings (SSSR count). The Balaban J connectivity index is 0.00000261. The molecule has 27 heavy (non-hydrogen) atoms. The summed E-state index contributed by atoms with van der Waals surface area (Å²) in [5, 5.41) is 3.95. The summed E-state index contributed by atoms with van der Waals surface area (Å²) in [4.78, 5) is 18.9. The topological polar surface area (TPSA) is 85.2 Å². The van der Waals surface area contributed by atoms with Crippen LogP contribution in [0.4, 0.5) is 0 Å². The Bertz CT molecular complexity index is 707. The first kappa shape index (κ1) is 21.4. The molecule has 1 aromatic heterocycles. The molecule has 2 N–H and O–H groups in total. The van der Waals surface area contributed by atoms with Gasteiger partial charge in [0.05, 0.1) is 0 Å². The van der Waals surface area contributed by atoms with Crippen molar-refractivity contribution in [2.75, 3.05) is 19.6 Å². The van der Waals surface area contributed by atoms with E-state index in [1.165, 1.54) is 5.56 Å². The first-order valence-electron chi connectivity index (χ1n) is 9.55. The Hall–Kier alpha value is -1.92. The molecule has 0 aliphatic carbocycles. The van der Waals surface area contributed by atoms with Gasteiger partial charge in [0.1, 0.15) is 0 Å². The molecule has 0 radical (unpaired) electrons. The third kappa shape index (κ3) is 5.53. The van der Waals surface area contributed by atoms with E-state index in [-0.39, 0.29) is 18.3 Å². The quantitative estimate of drug-likeness (QED) is 0.746. The molecule has 2 atom stereocenters. The lowest BCUT2D eigenvalue weighted by atomic mass is 9.89. The van der Waals surface area contributed by atoms with Gasteiger partial charge in [-0.3, -0.25) is 4.79 Å². The van der Waals surface area contributed by atoms with Crippen molar-refractivity contribution in [2.24, 2.45) is 11.7 Å². The van der Waals surface area contributed by atoms with Crippen LogP contribution >= 0.6 is 12.4 Å². The highest BCUT2D eigenvalue weighted by Crippen LogP contribution is 2.32. The number of carbonyl (C=O) groups excluding carboxylic acids is 1. The summed E-state index contributed by atoms with van der Waals surface area (Å²) in [6.45, 7) is 4.19. The smallest absolute Gasteiger partial charge is 0.226 e. The third-order valence-corrected chi connectivity index (χ3v) is 5.09. The van der Waals surface area contributed by atoms with Crippen molar-refractivity contribution >= 4 is 18.3 Å². The number of benzene rings is 1. The summed E-state index contributed by atoms with van der Waals surface area (Å²) < 4.78 is 5.23. The lowest BCUT2D eigenvalue weighted by Gasteiger charge is -2.16. The molecular formula is C20H29ClN4O2. The largest absolute Gasteiger partial charge is 0.342 e. The maximum Gasteiger partial charge on any atom is 0.226 e. The van der Waals surface area contributed by atoms with Gasteiger partial charge in [-0.05, 0) is 30.9 Å². The second-order valence-corrected chi connectivity index (χ2v) is 7.02. The lowest BCUT2D eigenvalue weighted by molar-refractivity contribution is -0.130. The predicted octanol–water partition coefficient (Wildman–Crippen LogP) is 2.97. The molecule has 148 valence electrons. The molecule has 1 aliphatic rings. The number of nitrogens with two attached hydrogens (primary N) is 1. The van der Waals surface area contributed by atoms with Crippen LogP contribution in [0, 0.1) is 5.92 Å². The van der Waals surface area contributed by atoms with Crippen molar-refractivity contribution < 1.29 is 9.32 Å². The Morgan fingerprint density at radius 1 is 1.26 bits per heavy atom. The molecular weight excluding hydrogens is 364 g/mol. The van der Waals surface area contributed by atoms with Gasteiger partial charge in [-0.1, -0.05) is 42.4 Å². The Labute approximate surface area is 166 Å². The van der Waals surface area contributed by atoms with Crippen LogP contribution < -0.4 is 5.73 Å². The minimum absolute atomic E-state index is 0. The summed E-state index contributed by atoms with van der Waals surface area (Å²) >= 11 is 0. The van der Waals surface area contributed by atoms with E-state index in [0.717, 1.165) is 38.2 Å². The van der Waals surface area contributed by atoms with Crippen LogP contribution in [-0.2, 0) is 17.6 Å². The highest BCUT2D eigenvalue weighted by Gasteiger charge is 2.34. The average molecular weight is 393 g/mol. The molecule has 6 nitrogen and oxygen atoms in total. The number of aryl methyl sites for hydroxylation is 2. The third-order valence-electron chi connectivity index (χ3n) is 5.09. The Morgan fingerprint density at radius 2 is 2.04 bits per heavy atom. The SMILES string of the molecule is CCCc1noc(CCCC(=O)N2C[C@@H](CN)[C@H](c3ccccc3)C2)n1.Cl. The second-order valence-electron chi connectivity index (χ2n) is 7.02. The highest BCUT2D eigenvalue weighted by atomic mass is 35.5. The minimum atomic E-state index is 0. The van der Waals surface area contributed by atoms with E-state index in [0.29, 0.717) is 37.1 Å². The molecule has 1 aliphatic heterocycles. The molecule has 1 amide bonds. The molecule has 1 fully saturated rings. The van der Waals surface area contributed by atoms with Gasteiger partial charge in [0.15, 0.2) is 5.82 Å². The molecule has 1 saturated heterocycles. The van der Waals surface area contributed by atoms with Crippen LogP contribution in [0.3, 0.4) is 0 Å². The van der Waals surface area contributed by atoms with E-state index in [1.54, 1.807) is 0 Å².